The van der Waals surface area contributed by atoms with Gasteiger partial charge in [-0.25, -0.2) is 0 Å². The maximum Gasteiger partial charge on any atom is 0.270 e. The van der Waals surface area contributed by atoms with Crippen LogP contribution in [-0.4, -0.2) is 27.8 Å². The van der Waals surface area contributed by atoms with Gasteiger partial charge in [0.1, 0.15) is 5.54 Å². The molecule has 1 aromatic rings. The predicted molar refractivity (Wildman–Crippen MR) is 86.0 cm³/mol. The van der Waals surface area contributed by atoms with Crippen molar-refractivity contribution in [1.29, 1.82) is 5.26 Å². The zero-order valence-corrected chi connectivity index (χ0v) is 13.8. The predicted octanol–water partition coefficient (Wildman–Crippen LogP) is 3.14. The molecule has 0 unspecified atom stereocenters. The summed E-state index contributed by atoms with van der Waals surface area (Å²) < 4.78 is 0. The first-order chi connectivity index (χ1) is 11.3. The van der Waals surface area contributed by atoms with Crippen molar-refractivity contribution >= 4 is 11.6 Å². The van der Waals surface area contributed by atoms with Crippen LogP contribution in [0.2, 0.25) is 0 Å². The second-order valence-corrected chi connectivity index (χ2v) is 7.86. The summed E-state index contributed by atoms with van der Waals surface area (Å²) in [5.41, 5.74) is -0.842. The lowest BCUT2D eigenvalue weighted by Gasteiger charge is -2.43. The molecule has 4 atom stereocenters. The normalized spacial score (nSPS) is 39.0. The molecule has 0 N–H and O–H groups in total. The highest BCUT2D eigenvalue weighted by molar-refractivity contribution is 5.96. The zero-order valence-electron chi connectivity index (χ0n) is 13.8. The molecule has 2 aliphatic carbocycles. The minimum Gasteiger partial charge on any atom is -0.319 e. The number of hydrogen-bond donors (Lipinski definition) is 0. The highest BCUT2D eigenvalue weighted by Gasteiger charge is 2.78. The van der Waals surface area contributed by atoms with Gasteiger partial charge in [0.2, 0.25) is 0 Å². The van der Waals surface area contributed by atoms with E-state index in [-0.39, 0.29) is 28.0 Å². The van der Waals surface area contributed by atoms with Gasteiger partial charge in [-0.2, -0.15) is 5.26 Å². The van der Waals surface area contributed by atoms with Crippen LogP contribution in [0.5, 0.6) is 0 Å². The highest BCUT2D eigenvalue weighted by atomic mass is 16.6. The van der Waals surface area contributed by atoms with Gasteiger partial charge < -0.3 is 4.90 Å². The molecule has 2 saturated carbocycles. The summed E-state index contributed by atoms with van der Waals surface area (Å²) in [5, 5.41) is 21.0. The number of nitro groups is 1. The van der Waals surface area contributed by atoms with E-state index >= 15 is 0 Å². The van der Waals surface area contributed by atoms with Crippen LogP contribution in [0.25, 0.3) is 0 Å². The molecule has 1 saturated heterocycles. The van der Waals surface area contributed by atoms with Gasteiger partial charge in [0.05, 0.1) is 11.0 Å². The molecule has 1 heterocycles. The number of carbonyl (C=O) groups excluding carboxylic acids is 1. The third-order valence-corrected chi connectivity index (χ3v) is 7.29. The van der Waals surface area contributed by atoms with E-state index in [9.17, 15) is 20.2 Å². The third-order valence-electron chi connectivity index (χ3n) is 7.29. The van der Waals surface area contributed by atoms with Crippen LogP contribution in [0, 0.1) is 38.2 Å². The Hall–Kier alpha value is -2.42. The van der Waals surface area contributed by atoms with Crippen molar-refractivity contribution in [2.24, 2.45) is 16.7 Å². The molecule has 1 amide bonds. The molecular formula is C18H19N3O3. The number of carbonyl (C=O) groups is 1. The molecule has 1 aliphatic heterocycles. The van der Waals surface area contributed by atoms with Gasteiger partial charge >= 0.3 is 0 Å². The lowest BCUT2D eigenvalue weighted by Crippen LogP contribution is -2.54. The van der Waals surface area contributed by atoms with Crippen molar-refractivity contribution in [2.45, 2.75) is 38.6 Å². The topological polar surface area (TPSA) is 87.2 Å². The van der Waals surface area contributed by atoms with Crippen LogP contribution in [0.3, 0.4) is 0 Å². The Morgan fingerprint density at radius 3 is 2.83 bits per heavy atom. The van der Waals surface area contributed by atoms with Crippen molar-refractivity contribution in [3.8, 4) is 6.07 Å². The van der Waals surface area contributed by atoms with E-state index in [0.29, 0.717) is 12.5 Å². The lowest BCUT2D eigenvalue weighted by molar-refractivity contribution is -0.384. The summed E-state index contributed by atoms with van der Waals surface area (Å²) in [6, 6.07) is 8.27. The van der Waals surface area contributed by atoms with Crippen molar-refractivity contribution in [1.82, 2.24) is 4.90 Å². The number of rotatable bonds is 2. The number of amides is 1. The molecule has 4 rings (SSSR count). The summed E-state index contributed by atoms with van der Waals surface area (Å²) in [4.78, 5) is 25.3. The zero-order chi connectivity index (χ0) is 17.3. The number of nitro benzene ring substituents is 1. The van der Waals surface area contributed by atoms with Crippen LogP contribution in [-0.2, 0) is 0 Å². The number of nitriles is 1. The average Bonchev–Trinajstić information content (AvgIpc) is 3.03. The molecular weight excluding hydrogens is 306 g/mol. The molecule has 6 heteroatoms. The lowest BCUT2D eigenvalue weighted by atomic mass is 9.66. The van der Waals surface area contributed by atoms with E-state index in [4.69, 9.17) is 0 Å². The SMILES string of the molecule is C[C@]12CC[C@H]3C[C@@]1(C#N)N(C(=O)c1cccc([N+](=O)[O-])c1)C[C@@]32C. The maximum atomic E-state index is 13.1. The number of likely N-dealkylation sites (tertiary alicyclic amines) is 1. The van der Waals surface area contributed by atoms with Gasteiger partial charge in [0, 0.05) is 29.7 Å². The standard InChI is InChI=1S/C18H19N3O3/c1-16-11-20(15(22)12-4-3-5-14(8-12)21(23)24)18(10-19)9-13(16)6-7-17(16,18)2/h3-5,8,13H,6-7,9,11H2,1-2H3/t13-,16-,17+,18-/m0/s1. The number of nitrogens with zero attached hydrogens (tertiary/aromatic N) is 3. The van der Waals surface area contributed by atoms with E-state index in [1.54, 1.807) is 11.0 Å². The highest BCUT2D eigenvalue weighted by Crippen LogP contribution is 2.75. The molecule has 4 bridgehead atoms. The summed E-state index contributed by atoms with van der Waals surface area (Å²) in [5.74, 6) is 0.215. The Bertz CT molecular complexity index is 816. The summed E-state index contributed by atoms with van der Waals surface area (Å²) in [7, 11) is 0. The molecule has 24 heavy (non-hydrogen) atoms. The largest absolute Gasteiger partial charge is 0.319 e. The van der Waals surface area contributed by atoms with Crippen LogP contribution in [0.15, 0.2) is 24.3 Å². The number of hydrogen-bond acceptors (Lipinski definition) is 4. The Morgan fingerprint density at radius 2 is 2.21 bits per heavy atom. The van der Waals surface area contributed by atoms with E-state index in [2.05, 4.69) is 19.9 Å². The Balaban J connectivity index is 1.77. The van der Waals surface area contributed by atoms with Crippen molar-refractivity contribution in [3.63, 3.8) is 0 Å². The van der Waals surface area contributed by atoms with E-state index in [1.807, 2.05) is 0 Å². The first-order valence-electron chi connectivity index (χ1n) is 8.27. The summed E-state index contributed by atoms with van der Waals surface area (Å²) in [6.45, 7) is 4.90. The number of benzene rings is 1. The summed E-state index contributed by atoms with van der Waals surface area (Å²) in [6.07, 6.45) is 2.80. The van der Waals surface area contributed by atoms with Crippen LogP contribution >= 0.6 is 0 Å². The Kier molecular flexibility index (Phi) is 2.74. The fourth-order valence-electron chi connectivity index (χ4n) is 5.66. The molecule has 0 spiro atoms. The molecule has 3 fully saturated rings. The fourth-order valence-corrected chi connectivity index (χ4v) is 5.66. The number of non-ortho nitro benzene ring substituents is 1. The smallest absolute Gasteiger partial charge is 0.270 e. The van der Waals surface area contributed by atoms with Crippen LogP contribution in [0.1, 0.15) is 43.5 Å². The molecule has 1 aromatic carbocycles. The Morgan fingerprint density at radius 1 is 1.46 bits per heavy atom. The first-order valence-corrected chi connectivity index (χ1v) is 8.27. The van der Waals surface area contributed by atoms with E-state index in [1.165, 1.54) is 18.2 Å². The number of piperidine rings is 1. The van der Waals surface area contributed by atoms with Gasteiger partial charge in [0.25, 0.3) is 11.6 Å². The second kappa shape index (κ2) is 4.35. The average molecular weight is 325 g/mol. The van der Waals surface area contributed by atoms with E-state index < -0.39 is 10.5 Å². The minimum atomic E-state index is -0.785. The molecule has 0 radical (unpaired) electrons. The molecule has 124 valence electrons. The van der Waals surface area contributed by atoms with Crippen LogP contribution in [0.4, 0.5) is 5.69 Å². The van der Waals surface area contributed by atoms with Gasteiger partial charge in [-0.15, -0.1) is 0 Å². The second-order valence-electron chi connectivity index (χ2n) is 7.86. The maximum absolute atomic E-state index is 13.1. The molecule has 6 nitrogen and oxygen atoms in total. The van der Waals surface area contributed by atoms with Crippen molar-refractivity contribution in [3.05, 3.63) is 39.9 Å². The van der Waals surface area contributed by atoms with Crippen LogP contribution < -0.4 is 0 Å². The monoisotopic (exact) mass is 325 g/mol. The molecule has 0 aromatic heterocycles. The molecule has 3 aliphatic rings. The van der Waals surface area contributed by atoms with Gasteiger partial charge in [0.15, 0.2) is 0 Å². The van der Waals surface area contributed by atoms with Gasteiger partial charge in [-0.05, 0) is 36.7 Å². The fraction of sp³-hybridized carbons (Fsp3) is 0.556. The third kappa shape index (κ3) is 1.44. The first kappa shape index (κ1) is 15.1. The van der Waals surface area contributed by atoms with Gasteiger partial charge in [-0.3, -0.25) is 14.9 Å². The Labute approximate surface area is 140 Å². The van der Waals surface area contributed by atoms with Crippen molar-refractivity contribution < 1.29 is 9.72 Å². The quantitative estimate of drug-likeness (QED) is 0.617. The van der Waals surface area contributed by atoms with Gasteiger partial charge in [-0.1, -0.05) is 19.9 Å². The van der Waals surface area contributed by atoms with E-state index in [0.717, 1.165) is 19.3 Å². The minimum absolute atomic E-state index is 0.0426. The van der Waals surface area contributed by atoms with Crippen molar-refractivity contribution in [2.75, 3.05) is 6.54 Å². The summed E-state index contributed by atoms with van der Waals surface area (Å²) >= 11 is 0.